The smallest absolute Gasteiger partial charge is 0.257 e. The van der Waals surface area contributed by atoms with Crippen molar-refractivity contribution in [3.63, 3.8) is 0 Å². The molecule has 20 heavy (non-hydrogen) atoms. The second kappa shape index (κ2) is 6.48. The van der Waals surface area contributed by atoms with E-state index in [1.54, 1.807) is 29.4 Å². The highest BCUT2D eigenvalue weighted by molar-refractivity contribution is 6.32. The molecule has 104 valence electrons. The van der Waals surface area contributed by atoms with Gasteiger partial charge in [-0.15, -0.1) is 0 Å². The normalized spacial score (nSPS) is 10.6. The molecule has 0 aliphatic carbocycles. The first-order valence-electron chi connectivity index (χ1n) is 6.41. The Morgan fingerprint density at radius 2 is 1.95 bits per heavy atom. The maximum Gasteiger partial charge on any atom is 0.257 e. The number of halogens is 1. The van der Waals surface area contributed by atoms with E-state index in [1.807, 2.05) is 32.0 Å². The van der Waals surface area contributed by atoms with E-state index in [2.05, 4.69) is 9.97 Å². The number of nitrogens with zero attached hydrogens (tertiary/aromatic N) is 3. The van der Waals surface area contributed by atoms with Gasteiger partial charge in [-0.2, -0.15) is 0 Å². The zero-order valence-corrected chi connectivity index (χ0v) is 12.2. The lowest BCUT2D eigenvalue weighted by Gasteiger charge is -2.26. The van der Waals surface area contributed by atoms with Gasteiger partial charge in [-0.1, -0.05) is 17.7 Å². The molecule has 0 fully saturated rings. The Kier molecular flexibility index (Phi) is 4.69. The third kappa shape index (κ3) is 3.33. The predicted octanol–water partition coefficient (Wildman–Crippen LogP) is 3.18. The Morgan fingerprint density at radius 3 is 2.55 bits per heavy atom. The van der Waals surface area contributed by atoms with Crippen molar-refractivity contribution in [2.75, 3.05) is 0 Å². The Morgan fingerprint density at radius 1 is 1.20 bits per heavy atom. The minimum atomic E-state index is -0.135. The quantitative estimate of drug-likeness (QED) is 0.812. The van der Waals surface area contributed by atoms with Gasteiger partial charge in [0, 0.05) is 18.4 Å². The summed E-state index contributed by atoms with van der Waals surface area (Å²) >= 11 is 6.00. The summed E-state index contributed by atoms with van der Waals surface area (Å²) in [4.78, 5) is 22.5. The van der Waals surface area contributed by atoms with Crippen molar-refractivity contribution in [1.82, 2.24) is 14.9 Å². The molecular weight excluding hydrogens is 274 g/mol. The first-order chi connectivity index (χ1) is 9.59. The van der Waals surface area contributed by atoms with Gasteiger partial charge in [-0.3, -0.25) is 9.78 Å². The van der Waals surface area contributed by atoms with E-state index in [-0.39, 0.29) is 17.1 Å². The highest BCUT2D eigenvalue weighted by Crippen LogP contribution is 2.17. The van der Waals surface area contributed by atoms with Crippen LogP contribution in [0.2, 0.25) is 5.15 Å². The number of rotatable bonds is 4. The summed E-state index contributed by atoms with van der Waals surface area (Å²) < 4.78 is 0. The minimum Gasteiger partial charge on any atom is -0.330 e. The maximum atomic E-state index is 12.6. The molecule has 4 nitrogen and oxygen atoms in total. The summed E-state index contributed by atoms with van der Waals surface area (Å²) in [5.41, 5.74) is 1.26. The molecule has 0 bridgehead atoms. The molecule has 5 heteroatoms. The van der Waals surface area contributed by atoms with Crippen molar-refractivity contribution in [1.29, 1.82) is 0 Å². The van der Waals surface area contributed by atoms with E-state index < -0.39 is 0 Å². The van der Waals surface area contributed by atoms with Crippen LogP contribution in [0.5, 0.6) is 0 Å². The van der Waals surface area contributed by atoms with Crippen molar-refractivity contribution in [3.8, 4) is 0 Å². The summed E-state index contributed by atoms with van der Waals surface area (Å²) in [6, 6.07) is 9.09. The fourth-order valence-corrected chi connectivity index (χ4v) is 2.06. The highest BCUT2D eigenvalue weighted by Gasteiger charge is 2.21. The van der Waals surface area contributed by atoms with Crippen molar-refractivity contribution in [3.05, 3.63) is 59.1 Å². The standard InChI is InChI=1S/C15H16ClN3O/c1-11(2)19(10-12-6-3-4-8-17-12)15(20)13-7-5-9-18-14(13)16/h3-9,11H,10H2,1-2H3. The predicted molar refractivity (Wildman–Crippen MR) is 78.5 cm³/mol. The molecule has 2 aromatic rings. The summed E-state index contributed by atoms with van der Waals surface area (Å²) in [7, 11) is 0. The summed E-state index contributed by atoms with van der Waals surface area (Å²) in [5, 5.41) is 0.226. The number of pyridine rings is 2. The molecule has 0 radical (unpaired) electrons. The van der Waals surface area contributed by atoms with Crippen molar-refractivity contribution in [2.45, 2.75) is 26.4 Å². The zero-order valence-electron chi connectivity index (χ0n) is 11.5. The van der Waals surface area contributed by atoms with Gasteiger partial charge in [0.15, 0.2) is 0 Å². The van der Waals surface area contributed by atoms with Gasteiger partial charge in [0.25, 0.3) is 5.91 Å². The number of hydrogen-bond donors (Lipinski definition) is 0. The number of amides is 1. The summed E-state index contributed by atoms with van der Waals surface area (Å²) in [6.07, 6.45) is 3.28. The molecule has 0 unspecified atom stereocenters. The van der Waals surface area contributed by atoms with Gasteiger partial charge >= 0.3 is 0 Å². The lowest BCUT2D eigenvalue weighted by molar-refractivity contribution is 0.0687. The molecular formula is C15H16ClN3O. The van der Waals surface area contributed by atoms with E-state index in [1.165, 1.54) is 0 Å². The van der Waals surface area contributed by atoms with E-state index in [9.17, 15) is 4.79 Å². The van der Waals surface area contributed by atoms with Crippen molar-refractivity contribution < 1.29 is 4.79 Å². The largest absolute Gasteiger partial charge is 0.330 e. The fourth-order valence-electron chi connectivity index (χ4n) is 1.86. The topological polar surface area (TPSA) is 46.1 Å². The molecule has 0 atom stereocenters. The van der Waals surface area contributed by atoms with Gasteiger partial charge in [0.2, 0.25) is 0 Å². The van der Waals surface area contributed by atoms with Crippen molar-refractivity contribution in [2.24, 2.45) is 0 Å². The summed E-state index contributed by atoms with van der Waals surface area (Å²) in [5.74, 6) is -0.135. The zero-order chi connectivity index (χ0) is 14.5. The highest BCUT2D eigenvalue weighted by atomic mass is 35.5. The number of carbonyl (C=O) groups excluding carboxylic acids is 1. The van der Waals surface area contributed by atoms with Crippen LogP contribution >= 0.6 is 11.6 Å². The van der Waals surface area contributed by atoms with Gasteiger partial charge < -0.3 is 4.90 Å². The third-order valence-corrected chi connectivity index (χ3v) is 3.23. The van der Waals surface area contributed by atoms with Crippen LogP contribution in [0.3, 0.4) is 0 Å². The number of aromatic nitrogens is 2. The average Bonchev–Trinajstić information content (AvgIpc) is 2.45. The van der Waals surface area contributed by atoms with Crippen LogP contribution in [0.15, 0.2) is 42.7 Å². The van der Waals surface area contributed by atoms with E-state index in [4.69, 9.17) is 11.6 Å². The second-order valence-corrected chi connectivity index (χ2v) is 5.05. The Hall–Kier alpha value is -1.94. The molecule has 1 amide bonds. The summed E-state index contributed by atoms with van der Waals surface area (Å²) in [6.45, 7) is 4.37. The van der Waals surface area contributed by atoms with Crippen LogP contribution in [-0.4, -0.2) is 26.8 Å². The molecule has 0 saturated carbocycles. The van der Waals surface area contributed by atoms with Gasteiger partial charge in [0.1, 0.15) is 5.15 Å². The maximum absolute atomic E-state index is 12.6. The lowest BCUT2D eigenvalue weighted by Crippen LogP contribution is -2.36. The van der Waals surface area contributed by atoms with Gasteiger partial charge in [-0.25, -0.2) is 4.98 Å². The first kappa shape index (κ1) is 14.5. The van der Waals surface area contributed by atoms with Gasteiger partial charge in [0.05, 0.1) is 17.8 Å². The fraction of sp³-hybridized carbons (Fsp3) is 0.267. The molecule has 2 rings (SSSR count). The van der Waals surface area contributed by atoms with Crippen LogP contribution < -0.4 is 0 Å². The SMILES string of the molecule is CC(C)N(Cc1ccccn1)C(=O)c1cccnc1Cl. The van der Waals surface area contributed by atoms with Crippen LogP contribution in [-0.2, 0) is 6.54 Å². The Bertz CT molecular complexity index is 587. The average molecular weight is 290 g/mol. The Balaban J connectivity index is 2.25. The van der Waals surface area contributed by atoms with E-state index in [0.29, 0.717) is 12.1 Å². The Labute approximate surface area is 123 Å². The van der Waals surface area contributed by atoms with Crippen LogP contribution in [0.4, 0.5) is 0 Å². The van der Waals surface area contributed by atoms with E-state index in [0.717, 1.165) is 5.69 Å². The molecule has 0 spiro atoms. The molecule has 0 N–H and O–H groups in total. The van der Waals surface area contributed by atoms with Crippen LogP contribution in [0.25, 0.3) is 0 Å². The minimum absolute atomic E-state index is 0.0424. The molecule has 0 saturated heterocycles. The van der Waals surface area contributed by atoms with Crippen LogP contribution in [0.1, 0.15) is 29.9 Å². The van der Waals surface area contributed by atoms with Crippen molar-refractivity contribution >= 4 is 17.5 Å². The van der Waals surface area contributed by atoms with Crippen LogP contribution in [0, 0.1) is 0 Å². The van der Waals surface area contributed by atoms with Gasteiger partial charge in [-0.05, 0) is 38.1 Å². The number of hydrogen-bond acceptors (Lipinski definition) is 3. The number of carbonyl (C=O) groups is 1. The molecule has 0 aliphatic heterocycles. The first-order valence-corrected chi connectivity index (χ1v) is 6.78. The second-order valence-electron chi connectivity index (χ2n) is 4.69. The lowest BCUT2D eigenvalue weighted by atomic mass is 10.2. The monoisotopic (exact) mass is 289 g/mol. The molecule has 2 heterocycles. The molecule has 2 aromatic heterocycles. The third-order valence-electron chi connectivity index (χ3n) is 2.93. The molecule has 0 aromatic carbocycles. The molecule has 0 aliphatic rings. The van der Waals surface area contributed by atoms with E-state index >= 15 is 0 Å².